The second kappa shape index (κ2) is 6.70. The van der Waals surface area contributed by atoms with Crippen LogP contribution in [0, 0.1) is 5.41 Å². The van der Waals surface area contributed by atoms with Crippen molar-refractivity contribution in [3.05, 3.63) is 0 Å². The van der Waals surface area contributed by atoms with E-state index in [1.807, 2.05) is 23.7 Å². The predicted molar refractivity (Wildman–Crippen MR) is 82.0 cm³/mol. The van der Waals surface area contributed by atoms with Crippen LogP contribution in [0.1, 0.15) is 44.9 Å². The van der Waals surface area contributed by atoms with Crippen molar-refractivity contribution in [3.63, 3.8) is 0 Å². The summed E-state index contributed by atoms with van der Waals surface area (Å²) in [5.41, 5.74) is 5.15. The average molecular weight is 299 g/mol. The first-order valence-corrected chi connectivity index (χ1v) is 8.60. The van der Waals surface area contributed by atoms with Gasteiger partial charge in [-0.1, -0.05) is 30.8 Å². The van der Waals surface area contributed by atoms with Crippen LogP contribution in [0.4, 0.5) is 0 Å². The Bertz CT molecular complexity index is 373. The molecule has 0 spiro atoms. The van der Waals surface area contributed by atoms with Crippen molar-refractivity contribution < 1.29 is 10.0 Å². The first kappa shape index (κ1) is 15.5. The molecule has 3 N–H and O–H groups in total. The zero-order chi connectivity index (χ0) is 14.6. The number of nitrogens with two attached hydrogens (primary N) is 1. The molecule has 5 nitrogen and oxygen atoms in total. The minimum atomic E-state index is -0.784. The second-order valence-electron chi connectivity index (χ2n) is 5.92. The number of hydrogen-bond donors (Lipinski definition) is 2. The summed E-state index contributed by atoms with van der Waals surface area (Å²) < 4.78 is 0. The van der Waals surface area contributed by atoms with Crippen LogP contribution in [0.25, 0.3) is 0 Å². The zero-order valence-corrected chi connectivity index (χ0v) is 13.0. The standard InChI is InChI=1S/C14H25N3O2S/c1-17(11-6-9-20-10-11)13(18)14(12(15)16-19)7-4-2-3-5-8-14/h11,19H,2-10H2,1H3,(H2,15,16). The Morgan fingerprint density at radius 3 is 2.50 bits per heavy atom. The smallest absolute Gasteiger partial charge is 0.236 e. The van der Waals surface area contributed by atoms with Gasteiger partial charge in [-0.15, -0.1) is 0 Å². The number of amides is 1. The number of thioether (sulfide) groups is 1. The minimum Gasteiger partial charge on any atom is -0.409 e. The first-order valence-electron chi connectivity index (χ1n) is 7.45. The second-order valence-corrected chi connectivity index (χ2v) is 7.06. The molecular weight excluding hydrogens is 274 g/mol. The lowest BCUT2D eigenvalue weighted by Gasteiger charge is -2.36. The third-order valence-electron chi connectivity index (χ3n) is 4.74. The zero-order valence-electron chi connectivity index (χ0n) is 12.2. The van der Waals surface area contributed by atoms with Gasteiger partial charge in [0.1, 0.15) is 5.41 Å². The molecule has 1 amide bonds. The van der Waals surface area contributed by atoms with Crippen molar-refractivity contribution >= 4 is 23.5 Å². The van der Waals surface area contributed by atoms with Crippen LogP contribution in [-0.2, 0) is 4.79 Å². The van der Waals surface area contributed by atoms with Gasteiger partial charge in [0.15, 0.2) is 5.84 Å². The molecule has 1 unspecified atom stereocenters. The van der Waals surface area contributed by atoms with Gasteiger partial charge in [-0.2, -0.15) is 11.8 Å². The molecule has 0 bridgehead atoms. The van der Waals surface area contributed by atoms with E-state index in [1.54, 1.807) is 0 Å². The fourth-order valence-corrected chi connectivity index (χ4v) is 4.61. The summed E-state index contributed by atoms with van der Waals surface area (Å²) in [5, 5.41) is 12.3. The van der Waals surface area contributed by atoms with Crippen molar-refractivity contribution in [1.82, 2.24) is 4.90 Å². The van der Waals surface area contributed by atoms with Crippen LogP contribution in [-0.4, -0.2) is 46.4 Å². The summed E-state index contributed by atoms with van der Waals surface area (Å²) in [6, 6.07) is 0.291. The Kier molecular flexibility index (Phi) is 5.18. The summed E-state index contributed by atoms with van der Waals surface area (Å²) in [4.78, 5) is 14.9. The molecule has 1 aliphatic carbocycles. The van der Waals surface area contributed by atoms with Crippen molar-refractivity contribution in [1.29, 1.82) is 0 Å². The van der Waals surface area contributed by atoms with Crippen molar-refractivity contribution in [2.24, 2.45) is 16.3 Å². The van der Waals surface area contributed by atoms with Gasteiger partial charge in [0.05, 0.1) is 0 Å². The maximum atomic E-state index is 13.0. The van der Waals surface area contributed by atoms with Crippen molar-refractivity contribution in [2.75, 3.05) is 18.6 Å². The third-order valence-corrected chi connectivity index (χ3v) is 5.88. The Balaban J connectivity index is 2.22. The summed E-state index contributed by atoms with van der Waals surface area (Å²) in [7, 11) is 1.87. The molecule has 20 heavy (non-hydrogen) atoms. The van der Waals surface area contributed by atoms with Gasteiger partial charge >= 0.3 is 0 Å². The number of carbonyl (C=O) groups is 1. The molecule has 1 saturated carbocycles. The molecule has 1 atom stereocenters. The number of nitrogens with zero attached hydrogens (tertiary/aromatic N) is 2. The maximum absolute atomic E-state index is 13.0. The van der Waals surface area contributed by atoms with Gasteiger partial charge in [0.2, 0.25) is 5.91 Å². The highest BCUT2D eigenvalue weighted by Crippen LogP contribution is 2.38. The largest absolute Gasteiger partial charge is 0.409 e. The Labute approximate surface area is 124 Å². The van der Waals surface area contributed by atoms with E-state index in [2.05, 4.69) is 5.16 Å². The Hall–Kier alpha value is -0.910. The van der Waals surface area contributed by atoms with Gasteiger partial charge in [-0.25, -0.2) is 0 Å². The lowest BCUT2D eigenvalue weighted by molar-refractivity contribution is -0.139. The summed E-state index contributed by atoms with van der Waals surface area (Å²) in [6.07, 6.45) is 6.62. The molecule has 1 saturated heterocycles. The van der Waals surface area contributed by atoms with Crippen LogP contribution in [0.2, 0.25) is 0 Å². The van der Waals surface area contributed by atoms with Crippen molar-refractivity contribution in [3.8, 4) is 0 Å². The van der Waals surface area contributed by atoms with E-state index in [1.165, 1.54) is 0 Å². The highest BCUT2D eigenvalue weighted by atomic mass is 32.2. The SMILES string of the molecule is CN(C(=O)C1(C(N)=NO)CCCCCC1)C1CCSC1. The third kappa shape index (κ3) is 2.90. The van der Waals surface area contributed by atoms with Gasteiger partial charge in [-0.05, 0) is 25.0 Å². The van der Waals surface area contributed by atoms with Gasteiger partial charge in [0, 0.05) is 18.8 Å². The monoisotopic (exact) mass is 299 g/mol. The highest BCUT2D eigenvalue weighted by molar-refractivity contribution is 7.99. The topological polar surface area (TPSA) is 78.9 Å². The summed E-state index contributed by atoms with van der Waals surface area (Å²) in [6.45, 7) is 0. The predicted octanol–water partition coefficient (Wildman–Crippen LogP) is 2.04. The quantitative estimate of drug-likeness (QED) is 0.275. The average Bonchev–Trinajstić information content (AvgIpc) is 2.89. The molecule has 2 fully saturated rings. The summed E-state index contributed by atoms with van der Waals surface area (Å²) in [5.74, 6) is 2.25. The maximum Gasteiger partial charge on any atom is 0.236 e. The van der Waals surface area contributed by atoms with Crippen LogP contribution in [0.5, 0.6) is 0 Å². The molecule has 6 heteroatoms. The molecule has 0 aromatic rings. The Morgan fingerprint density at radius 1 is 1.35 bits per heavy atom. The molecule has 0 aromatic heterocycles. The van der Waals surface area contributed by atoms with Crippen LogP contribution in [0.3, 0.4) is 0 Å². The van der Waals surface area contributed by atoms with E-state index in [9.17, 15) is 4.79 Å². The molecule has 1 aliphatic heterocycles. The summed E-state index contributed by atoms with van der Waals surface area (Å²) >= 11 is 1.89. The molecule has 0 radical (unpaired) electrons. The first-order chi connectivity index (χ1) is 9.62. The van der Waals surface area contributed by atoms with E-state index in [4.69, 9.17) is 10.9 Å². The molecule has 2 rings (SSSR count). The highest BCUT2D eigenvalue weighted by Gasteiger charge is 2.46. The van der Waals surface area contributed by atoms with Gasteiger partial charge in [0.25, 0.3) is 0 Å². The van der Waals surface area contributed by atoms with E-state index in [0.717, 1.165) is 43.6 Å². The Morgan fingerprint density at radius 2 is 2.00 bits per heavy atom. The fourth-order valence-electron chi connectivity index (χ4n) is 3.34. The molecule has 0 aromatic carbocycles. The van der Waals surface area contributed by atoms with Crippen LogP contribution in [0.15, 0.2) is 5.16 Å². The van der Waals surface area contributed by atoms with Gasteiger partial charge < -0.3 is 15.8 Å². The lowest BCUT2D eigenvalue weighted by atomic mass is 9.77. The van der Waals surface area contributed by atoms with E-state index >= 15 is 0 Å². The van der Waals surface area contributed by atoms with Crippen molar-refractivity contribution in [2.45, 2.75) is 51.0 Å². The van der Waals surface area contributed by atoms with E-state index < -0.39 is 5.41 Å². The fraction of sp³-hybridized carbons (Fsp3) is 0.857. The number of hydrogen-bond acceptors (Lipinski definition) is 4. The molecule has 1 heterocycles. The number of amidine groups is 1. The normalized spacial score (nSPS) is 27.1. The number of carbonyl (C=O) groups excluding carboxylic acids is 1. The molecule has 2 aliphatic rings. The minimum absolute atomic E-state index is 0.0437. The van der Waals surface area contributed by atoms with Crippen LogP contribution < -0.4 is 5.73 Å². The molecular formula is C14H25N3O2S. The number of rotatable bonds is 3. The molecule has 114 valence electrons. The van der Waals surface area contributed by atoms with E-state index in [-0.39, 0.29) is 11.7 Å². The number of oxime groups is 1. The lowest BCUT2D eigenvalue weighted by Crippen LogP contribution is -2.52. The van der Waals surface area contributed by atoms with E-state index in [0.29, 0.717) is 18.9 Å². The van der Waals surface area contributed by atoms with Gasteiger partial charge in [-0.3, -0.25) is 4.79 Å². The van der Waals surface area contributed by atoms with Crippen LogP contribution >= 0.6 is 11.8 Å².